The molecule has 0 atom stereocenters. The average Bonchev–Trinajstić information content (AvgIpc) is 2.36. The number of anilines is 1. The molecule has 0 aliphatic rings. The highest BCUT2D eigenvalue weighted by molar-refractivity contribution is 5.95. The lowest BCUT2D eigenvalue weighted by Crippen LogP contribution is -2.47. The second kappa shape index (κ2) is 7.04. The van der Waals surface area contributed by atoms with Crippen molar-refractivity contribution in [3.63, 3.8) is 0 Å². The van der Waals surface area contributed by atoms with E-state index in [1.807, 2.05) is 0 Å². The normalized spacial score (nSPS) is 11.6. The molecule has 0 heterocycles. The van der Waals surface area contributed by atoms with Crippen molar-refractivity contribution < 1.29 is 28.4 Å². The summed E-state index contributed by atoms with van der Waals surface area (Å²) in [7, 11) is 0. The van der Waals surface area contributed by atoms with Crippen molar-refractivity contribution in [1.82, 2.24) is 0 Å². The van der Waals surface area contributed by atoms with Crippen molar-refractivity contribution in [3.05, 3.63) is 34.1 Å². The van der Waals surface area contributed by atoms with E-state index in [2.05, 4.69) is 4.74 Å². The van der Waals surface area contributed by atoms with Gasteiger partial charge in [0.2, 0.25) is 5.82 Å². The first-order valence-electron chi connectivity index (χ1n) is 7.42. The Balaban J connectivity index is 3.24. The van der Waals surface area contributed by atoms with Crippen LogP contribution in [0.3, 0.4) is 0 Å². The number of ether oxygens (including phenoxy) is 2. The predicted molar refractivity (Wildman–Crippen MR) is 88.0 cm³/mol. The zero-order valence-corrected chi connectivity index (χ0v) is 15.0. The summed E-state index contributed by atoms with van der Waals surface area (Å²) in [5.41, 5.74) is -3.09. The van der Waals surface area contributed by atoms with Gasteiger partial charge < -0.3 is 9.47 Å². The molecule has 9 heteroatoms. The first kappa shape index (κ1) is 20.3. The molecule has 0 aliphatic heterocycles. The van der Waals surface area contributed by atoms with Gasteiger partial charge in [-0.15, -0.1) is 0 Å². The smallest absolute Gasteiger partial charge is 0.428 e. The van der Waals surface area contributed by atoms with E-state index in [0.29, 0.717) is 0 Å². The zero-order valence-electron chi connectivity index (χ0n) is 15.0. The molecular weight excluding hydrogens is 335 g/mol. The summed E-state index contributed by atoms with van der Waals surface area (Å²) in [6.45, 7) is 9.42. The highest BCUT2D eigenvalue weighted by atomic mass is 19.1. The minimum Gasteiger partial charge on any atom is -0.428 e. The summed E-state index contributed by atoms with van der Waals surface area (Å²) in [4.78, 5) is 34.9. The summed E-state index contributed by atoms with van der Waals surface area (Å²) < 4.78 is 24.0. The van der Waals surface area contributed by atoms with E-state index >= 15 is 0 Å². The number of benzene rings is 1. The Hall–Kier alpha value is -2.71. The second-order valence-corrected chi connectivity index (χ2v) is 7.21. The number of nitrogens with zero attached hydrogens (tertiary/aromatic N) is 2. The van der Waals surface area contributed by atoms with Crippen molar-refractivity contribution in [2.75, 3.05) is 4.90 Å². The fraction of sp³-hybridized carbons (Fsp3) is 0.500. The molecule has 1 aromatic rings. The number of carbonyl (C=O) groups excluding carboxylic acids is 2. The molecule has 0 unspecified atom stereocenters. The Morgan fingerprint density at radius 2 is 1.72 bits per heavy atom. The molecule has 1 amide bonds. The van der Waals surface area contributed by atoms with E-state index in [0.717, 1.165) is 11.0 Å². The third kappa shape index (κ3) is 5.40. The topological polar surface area (TPSA) is 99.0 Å². The number of amides is 1. The fourth-order valence-corrected chi connectivity index (χ4v) is 1.94. The Bertz CT molecular complexity index is 691. The van der Waals surface area contributed by atoms with Gasteiger partial charge in [-0.2, -0.15) is 4.39 Å². The van der Waals surface area contributed by atoms with Gasteiger partial charge in [0.15, 0.2) is 0 Å². The van der Waals surface area contributed by atoms with Crippen LogP contribution in [0.5, 0.6) is 0 Å². The van der Waals surface area contributed by atoms with Gasteiger partial charge in [0, 0.05) is 11.6 Å². The van der Waals surface area contributed by atoms with Crippen LogP contribution < -0.4 is 4.90 Å². The van der Waals surface area contributed by atoms with Gasteiger partial charge in [0.05, 0.1) is 10.6 Å². The molecule has 0 aromatic heterocycles. The molecule has 138 valence electrons. The standard InChI is InChI=1S/C16H21FN2O6/c1-15(2,3)18(13(20)24-14(21)25-16(4,5)6)10-8-7-9-11(12(10)17)19(22)23/h7-9H,1-6H3. The third-order valence-corrected chi connectivity index (χ3v) is 2.81. The van der Waals surface area contributed by atoms with Crippen LogP contribution in [0.15, 0.2) is 18.2 Å². The largest absolute Gasteiger partial charge is 0.517 e. The molecule has 0 saturated carbocycles. The molecule has 0 aliphatic carbocycles. The maximum absolute atomic E-state index is 14.5. The zero-order chi connectivity index (χ0) is 19.6. The van der Waals surface area contributed by atoms with Crippen molar-refractivity contribution in [2.45, 2.75) is 52.7 Å². The number of halogens is 1. The molecule has 0 bridgehead atoms. The molecule has 1 aromatic carbocycles. The minimum absolute atomic E-state index is 0.379. The number of nitro benzene ring substituents is 1. The van der Waals surface area contributed by atoms with E-state index in [4.69, 9.17) is 4.74 Å². The van der Waals surface area contributed by atoms with Crippen LogP contribution >= 0.6 is 0 Å². The van der Waals surface area contributed by atoms with Gasteiger partial charge in [0.25, 0.3) is 0 Å². The third-order valence-electron chi connectivity index (χ3n) is 2.81. The number of hydrogen-bond acceptors (Lipinski definition) is 6. The van der Waals surface area contributed by atoms with Gasteiger partial charge in [-0.25, -0.2) is 9.59 Å². The molecule has 0 N–H and O–H groups in total. The fourth-order valence-electron chi connectivity index (χ4n) is 1.94. The summed E-state index contributed by atoms with van der Waals surface area (Å²) in [5.74, 6) is -1.21. The lowest BCUT2D eigenvalue weighted by atomic mass is 10.1. The van der Waals surface area contributed by atoms with Gasteiger partial charge in [-0.05, 0) is 47.6 Å². The summed E-state index contributed by atoms with van der Waals surface area (Å²) in [6.07, 6.45) is -2.46. The van der Waals surface area contributed by atoms with E-state index in [1.165, 1.54) is 12.1 Å². The maximum atomic E-state index is 14.5. The molecule has 0 radical (unpaired) electrons. The molecule has 0 spiro atoms. The first-order valence-corrected chi connectivity index (χ1v) is 7.42. The highest BCUT2D eigenvalue weighted by Gasteiger charge is 2.36. The number of hydrogen-bond donors (Lipinski definition) is 0. The summed E-state index contributed by atoms with van der Waals surface area (Å²) in [5, 5.41) is 10.9. The highest BCUT2D eigenvalue weighted by Crippen LogP contribution is 2.32. The molecule has 8 nitrogen and oxygen atoms in total. The minimum atomic E-state index is -1.25. The predicted octanol–water partition coefficient (Wildman–Crippen LogP) is 4.41. The average molecular weight is 356 g/mol. The maximum Gasteiger partial charge on any atom is 0.517 e. The van der Waals surface area contributed by atoms with E-state index in [1.54, 1.807) is 41.5 Å². The van der Waals surface area contributed by atoms with Gasteiger partial charge in [0.1, 0.15) is 5.60 Å². The molecular formula is C16H21FN2O6. The van der Waals surface area contributed by atoms with Crippen LogP contribution in [0.2, 0.25) is 0 Å². The monoisotopic (exact) mass is 356 g/mol. The lowest BCUT2D eigenvalue weighted by Gasteiger charge is -2.34. The SMILES string of the molecule is CC(C)(C)OC(=O)OC(=O)N(c1cccc([N+](=O)[O-])c1F)C(C)(C)C. The quantitative estimate of drug-likeness (QED) is 0.337. The van der Waals surface area contributed by atoms with E-state index < -0.39 is 39.8 Å². The summed E-state index contributed by atoms with van der Waals surface area (Å²) in [6, 6.07) is 3.39. The molecule has 25 heavy (non-hydrogen) atoms. The number of nitro groups is 1. The van der Waals surface area contributed by atoms with E-state index in [-0.39, 0.29) is 5.69 Å². The van der Waals surface area contributed by atoms with Crippen molar-refractivity contribution in [1.29, 1.82) is 0 Å². The van der Waals surface area contributed by atoms with Crippen molar-refractivity contribution >= 4 is 23.6 Å². The van der Waals surface area contributed by atoms with Gasteiger partial charge in [-0.3, -0.25) is 15.0 Å². The van der Waals surface area contributed by atoms with Crippen molar-refractivity contribution in [3.8, 4) is 0 Å². The molecule has 0 saturated heterocycles. The van der Waals surface area contributed by atoms with Crippen LogP contribution in [0, 0.1) is 15.9 Å². The lowest BCUT2D eigenvalue weighted by molar-refractivity contribution is -0.387. The second-order valence-electron chi connectivity index (χ2n) is 7.21. The van der Waals surface area contributed by atoms with Crippen LogP contribution in [-0.4, -0.2) is 28.3 Å². The number of carbonyl (C=O) groups is 2. The molecule has 0 fully saturated rings. The van der Waals surface area contributed by atoms with Crippen molar-refractivity contribution in [2.24, 2.45) is 0 Å². The Morgan fingerprint density at radius 1 is 1.16 bits per heavy atom. The van der Waals surface area contributed by atoms with Crippen LogP contribution in [0.25, 0.3) is 0 Å². The Morgan fingerprint density at radius 3 is 2.16 bits per heavy atom. The molecule has 1 rings (SSSR count). The Labute approximate surface area is 144 Å². The van der Waals surface area contributed by atoms with Crippen LogP contribution in [0.4, 0.5) is 25.4 Å². The van der Waals surface area contributed by atoms with Crippen LogP contribution in [-0.2, 0) is 9.47 Å². The Kier molecular flexibility index (Phi) is 5.72. The first-order chi connectivity index (χ1) is 11.2. The van der Waals surface area contributed by atoms with Gasteiger partial charge in [-0.1, -0.05) is 6.07 Å². The summed E-state index contributed by atoms with van der Waals surface area (Å²) >= 11 is 0. The van der Waals surface area contributed by atoms with E-state index in [9.17, 15) is 24.1 Å². The van der Waals surface area contributed by atoms with Gasteiger partial charge >= 0.3 is 17.9 Å². The number of rotatable bonds is 2. The van der Waals surface area contributed by atoms with Crippen LogP contribution in [0.1, 0.15) is 41.5 Å².